The van der Waals surface area contributed by atoms with Crippen molar-refractivity contribution in [1.29, 1.82) is 0 Å². The molecule has 0 N–H and O–H groups in total. The van der Waals surface area contributed by atoms with Gasteiger partial charge in [0.1, 0.15) is 5.75 Å². The third-order valence-electron chi connectivity index (χ3n) is 4.17. The van der Waals surface area contributed by atoms with E-state index in [-0.39, 0.29) is 5.97 Å². The van der Waals surface area contributed by atoms with Crippen molar-refractivity contribution in [2.45, 2.75) is 12.8 Å². The van der Waals surface area contributed by atoms with Crippen molar-refractivity contribution in [3.05, 3.63) is 42.0 Å². The maximum Gasteiger partial charge on any atom is 0.338 e. The molecule has 1 aromatic rings. The van der Waals surface area contributed by atoms with Gasteiger partial charge in [-0.15, -0.1) is 0 Å². The molecule has 100 valence electrons. The molecule has 0 spiro atoms. The third-order valence-corrected chi connectivity index (χ3v) is 4.17. The monoisotopic (exact) mass is 258 g/mol. The van der Waals surface area contributed by atoms with Crippen LogP contribution in [0.5, 0.6) is 5.75 Å². The molecule has 0 heterocycles. The lowest BCUT2D eigenvalue weighted by molar-refractivity contribution is 0.0420. The average Bonchev–Trinajstić information content (AvgIpc) is 3.07. The smallest absolute Gasteiger partial charge is 0.338 e. The van der Waals surface area contributed by atoms with Crippen LogP contribution in [0.25, 0.3) is 0 Å². The van der Waals surface area contributed by atoms with Gasteiger partial charge in [-0.1, -0.05) is 12.2 Å². The summed E-state index contributed by atoms with van der Waals surface area (Å²) in [6.45, 7) is 0.538. The van der Waals surface area contributed by atoms with Gasteiger partial charge in [0.25, 0.3) is 0 Å². The van der Waals surface area contributed by atoms with Crippen LogP contribution in [0, 0.1) is 17.8 Å². The van der Waals surface area contributed by atoms with E-state index in [0.29, 0.717) is 24.0 Å². The average molecular weight is 258 g/mol. The Morgan fingerprint density at radius 1 is 1.21 bits per heavy atom. The molecule has 2 bridgehead atoms. The first-order chi connectivity index (χ1) is 9.26. The molecule has 0 radical (unpaired) electrons. The number of carbonyl (C=O) groups excluding carboxylic acids is 1. The number of carbonyl (C=O) groups is 1. The lowest BCUT2D eigenvalue weighted by Crippen LogP contribution is -2.17. The summed E-state index contributed by atoms with van der Waals surface area (Å²) >= 11 is 0. The lowest BCUT2D eigenvalue weighted by atomic mass is 9.95. The summed E-state index contributed by atoms with van der Waals surface area (Å²) in [7, 11) is 1.61. The van der Waals surface area contributed by atoms with Crippen molar-refractivity contribution in [2.24, 2.45) is 17.8 Å². The molecule has 0 saturated heterocycles. The molecule has 1 saturated carbocycles. The van der Waals surface area contributed by atoms with Gasteiger partial charge in [-0.2, -0.15) is 0 Å². The summed E-state index contributed by atoms with van der Waals surface area (Å²) in [5, 5.41) is 0. The second kappa shape index (κ2) is 5.08. The van der Waals surface area contributed by atoms with E-state index < -0.39 is 0 Å². The van der Waals surface area contributed by atoms with E-state index >= 15 is 0 Å². The van der Waals surface area contributed by atoms with Crippen LogP contribution in [0.3, 0.4) is 0 Å². The van der Waals surface area contributed by atoms with Crippen molar-refractivity contribution in [3.8, 4) is 5.75 Å². The van der Waals surface area contributed by atoms with Gasteiger partial charge in [0.2, 0.25) is 0 Å². The van der Waals surface area contributed by atoms with E-state index in [4.69, 9.17) is 9.47 Å². The zero-order chi connectivity index (χ0) is 13.2. The van der Waals surface area contributed by atoms with Crippen LogP contribution in [0.4, 0.5) is 0 Å². The number of hydrogen-bond donors (Lipinski definition) is 0. The maximum absolute atomic E-state index is 11.9. The molecule has 0 amide bonds. The Kier molecular flexibility index (Phi) is 3.28. The summed E-state index contributed by atoms with van der Waals surface area (Å²) in [4.78, 5) is 11.9. The largest absolute Gasteiger partial charge is 0.497 e. The van der Waals surface area contributed by atoms with Crippen molar-refractivity contribution in [1.82, 2.24) is 0 Å². The normalized spacial score (nSPS) is 27.5. The Hall–Kier alpha value is -1.77. The SMILES string of the molecule is COc1ccc(C(=O)OCC2CC3C=CC2C3)cc1. The molecule has 2 aliphatic carbocycles. The Bertz CT molecular complexity index is 489. The van der Waals surface area contributed by atoms with Gasteiger partial charge in [-0.05, 0) is 54.9 Å². The molecule has 0 aliphatic heterocycles. The highest BCUT2D eigenvalue weighted by molar-refractivity contribution is 5.89. The zero-order valence-electron chi connectivity index (χ0n) is 11.0. The minimum atomic E-state index is -0.241. The van der Waals surface area contributed by atoms with Gasteiger partial charge in [0.15, 0.2) is 0 Å². The highest BCUT2D eigenvalue weighted by atomic mass is 16.5. The predicted octanol–water partition coefficient (Wildman–Crippen LogP) is 3.06. The van der Waals surface area contributed by atoms with E-state index in [1.807, 2.05) is 0 Å². The van der Waals surface area contributed by atoms with Crippen LogP contribution in [0.1, 0.15) is 23.2 Å². The molecule has 3 atom stereocenters. The standard InChI is InChI=1S/C16H18O3/c1-18-15-6-4-12(5-7-15)16(17)19-10-14-9-11-2-3-13(14)8-11/h2-7,11,13-14H,8-10H2,1H3. The minimum Gasteiger partial charge on any atom is -0.497 e. The number of fused-ring (bicyclic) bond motifs is 2. The second-order valence-electron chi connectivity index (χ2n) is 5.37. The van der Waals surface area contributed by atoms with Crippen molar-refractivity contribution in [3.63, 3.8) is 0 Å². The van der Waals surface area contributed by atoms with Gasteiger partial charge in [-0.3, -0.25) is 0 Å². The predicted molar refractivity (Wildman–Crippen MR) is 72.1 cm³/mol. The molecule has 3 rings (SSSR count). The summed E-state index contributed by atoms with van der Waals surface area (Å²) in [6.07, 6.45) is 6.98. The van der Waals surface area contributed by atoms with E-state index in [9.17, 15) is 4.79 Å². The number of hydrogen-bond acceptors (Lipinski definition) is 3. The van der Waals surface area contributed by atoms with Crippen LogP contribution in [0.15, 0.2) is 36.4 Å². The first-order valence-corrected chi connectivity index (χ1v) is 6.76. The van der Waals surface area contributed by atoms with Crippen LogP contribution in [-0.4, -0.2) is 19.7 Å². The zero-order valence-corrected chi connectivity index (χ0v) is 11.0. The fourth-order valence-electron chi connectivity index (χ4n) is 3.08. The molecule has 0 aromatic heterocycles. The Balaban J connectivity index is 1.54. The van der Waals surface area contributed by atoms with Crippen molar-refractivity contribution < 1.29 is 14.3 Å². The van der Waals surface area contributed by atoms with Gasteiger partial charge < -0.3 is 9.47 Å². The Morgan fingerprint density at radius 2 is 2.00 bits per heavy atom. The highest BCUT2D eigenvalue weighted by Gasteiger charge is 2.36. The quantitative estimate of drug-likeness (QED) is 0.615. The number of methoxy groups -OCH3 is 1. The molecular weight excluding hydrogens is 240 g/mol. The first-order valence-electron chi connectivity index (χ1n) is 6.76. The summed E-state index contributed by atoms with van der Waals surface area (Å²) in [5.74, 6) is 2.35. The molecule has 3 nitrogen and oxygen atoms in total. The molecule has 1 fully saturated rings. The van der Waals surface area contributed by atoms with Crippen molar-refractivity contribution >= 4 is 5.97 Å². The van der Waals surface area contributed by atoms with E-state index in [2.05, 4.69) is 12.2 Å². The Labute approximate surface area is 113 Å². The number of rotatable bonds is 4. The molecule has 1 aromatic carbocycles. The fraction of sp³-hybridized carbons (Fsp3) is 0.438. The second-order valence-corrected chi connectivity index (χ2v) is 5.37. The molecular formula is C16H18O3. The maximum atomic E-state index is 11.9. The topological polar surface area (TPSA) is 35.5 Å². The van der Waals surface area contributed by atoms with E-state index in [1.165, 1.54) is 6.42 Å². The summed E-state index contributed by atoms with van der Waals surface area (Å²) < 4.78 is 10.5. The van der Waals surface area contributed by atoms with Crippen LogP contribution in [0.2, 0.25) is 0 Å². The summed E-state index contributed by atoms with van der Waals surface area (Å²) in [5.41, 5.74) is 0.583. The molecule has 3 unspecified atom stereocenters. The minimum absolute atomic E-state index is 0.241. The van der Waals surface area contributed by atoms with Crippen LogP contribution < -0.4 is 4.74 Å². The van der Waals surface area contributed by atoms with Gasteiger partial charge in [0.05, 0.1) is 19.3 Å². The third kappa shape index (κ3) is 2.50. The first kappa shape index (κ1) is 12.3. The van der Waals surface area contributed by atoms with E-state index in [0.717, 1.165) is 18.1 Å². The highest BCUT2D eigenvalue weighted by Crippen LogP contribution is 2.43. The number of allylic oxidation sites excluding steroid dienone is 2. The number of esters is 1. The van der Waals surface area contributed by atoms with Crippen molar-refractivity contribution in [2.75, 3.05) is 13.7 Å². The lowest BCUT2D eigenvalue weighted by Gasteiger charge is -2.17. The van der Waals surface area contributed by atoms with Crippen LogP contribution >= 0.6 is 0 Å². The number of benzene rings is 1. The van der Waals surface area contributed by atoms with E-state index in [1.54, 1.807) is 31.4 Å². The molecule has 2 aliphatic rings. The van der Waals surface area contributed by atoms with Crippen LogP contribution in [-0.2, 0) is 4.74 Å². The Morgan fingerprint density at radius 3 is 2.58 bits per heavy atom. The number of ether oxygens (including phenoxy) is 2. The van der Waals surface area contributed by atoms with Gasteiger partial charge in [-0.25, -0.2) is 4.79 Å². The summed E-state index contributed by atoms with van der Waals surface area (Å²) in [6, 6.07) is 7.03. The fourth-order valence-corrected chi connectivity index (χ4v) is 3.08. The molecule has 19 heavy (non-hydrogen) atoms. The van der Waals surface area contributed by atoms with Gasteiger partial charge in [0, 0.05) is 0 Å². The molecule has 3 heteroatoms. The van der Waals surface area contributed by atoms with Gasteiger partial charge >= 0.3 is 5.97 Å².